The van der Waals surface area contributed by atoms with Crippen molar-refractivity contribution < 1.29 is 147 Å². The number of halogens is 33. The van der Waals surface area contributed by atoms with E-state index in [1.165, 1.54) is 90.9 Å². The summed E-state index contributed by atoms with van der Waals surface area (Å²) >= 11 is 0. The highest BCUT2D eigenvalue weighted by atomic mass is 20.0. The van der Waals surface area contributed by atoms with E-state index in [0.29, 0.717) is 69.1 Å². The van der Waals surface area contributed by atoms with Gasteiger partial charge in [0.15, 0.2) is 5.41 Å². The second-order valence-corrected chi connectivity index (χ2v) is 34.3. The summed E-state index contributed by atoms with van der Waals surface area (Å²) in [5.74, 6) is -6.64. The molecule has 0 N–H and O–H groups in total. The second-order valence-electron chi connectivity index (χ2n) is 34.3. The van der Waals surface area contributed by atoms with Gasteiger partial charge in [-0.1, -0.05) is 194 Å². The van der Waals surface area contributed by atoms with Crippen molar-refractivity contribution in [2.24, 2.45) is 61.1 Å². The molecule has 1 unspecified atom stereocenters. The maximum Gasteiger partial charge on any atom is 0.402 e. The van der Waals surface area contributed by atoms with Gasteiger partial charge in [-0.3, -0.25) is 4.70 Å². The molecule has 0 aromatic rings. The predicted molar refractivity (Wildman–Crippen MR) is 371 cm³/mol. The molecule has 8 saturated carbocycles. The Hall–Kier alpha value is -2.31. The Bertz CT molecular complexity index is 2060. The lowest BCUT2D eigenvalue weighted by molar-refractivity contribution is -0.327. The molecule has 3 atom stereocenters. The molecule has 0 radical (unpaired) electrons. The molecule has 8 rings (SSSR count). The van der Waals surface area contributed by atoms with Gasteiger partial charge >= 0.3 is 30.9 Å². The lowest BCUT2D eigenvalue weighted by Gasteiger charge is -2.40. The highest BCUT2D eigenvalue weighted by Gasteiger charge is 2.64. The Labute approximate surface area is 629 Å². The third-order valence-electron chi connectivity index (χ3n) is 23.4. The smallest absolute Gasteiger partial charge is 0.269 e. The minimum atomic E-state index is -5.24. The molecule has 670 valence electrons. The summed E-state index contributed by atoms with van der Waals surface area (Å²) in [6.07, 6.45) is 5.14. The lowest BCUT2D eigenvalue weighted by Crippen LogP contribution is -2.44. The van der Waals surface area contributed by atoms with Crippen LogP contribution in [0, 0.1) is 61.1 Å². The monoisotopic (exact) mass is 1680 g/mol. The van der Waals surface area contributed by atoms with Gasteiger partial charge in [0.1, 0.15) is 5.67 Å². The van der Waals surface area contributed by atoms with Crippen molar-refractivity contribution >= 4 is 0 Å². The molecule has 8 fully saturated rings. The summed E-state index contributed by atoms with van der Waals surface area (Å²) in [5, 5.41) is 0. The zero-order valence-corrected chi connectivity index (χ0v) is 67.9. The first-order valence-corrected chi connectivity index (χ1v) is 37.7. The molecule has 8 aliphatic rings. The number of hydrogen-bond donors (Lipinski definition) is 0. The summed E-state index contributed by atoms with van der Waals surface area (Å²) in [5.41, 5.74) is -8.11. The van der Waals surface area contributed by atoms with Crippen molar-refractivity contribution in [3.05, 3.63) is 0 Å². The fourth-order valence-corrected chi connectivity index (χ4v) is 13.3. The maximum absolute atomic E-state index is 13.2. The first-order valence-electron chi connectivity index (χ1n) is 37.7. The molecule has 109 heavy (non-hydrogen) atoms. The van der Waals surface area contributed by atoms with E-state index in [-0.39, 0.29) is 75.3 Å². The van der Waals surface area contributed by atoms with Crippen molar-refractivity contribution in [2.75, 3.05) is 0 Å². The van der Waals surface area contributed by atoms with E-state index in [2.05, 4.69) is 55.4 Å². The van der Waals surface area contributed by atoms with E-state index in [1.54, 1.807) is 27.7 Å². The molecule has 0 heterocycles. The largest absolute Gasteiger partial charge is 0.402 e. The molecular weight excluding hydrogens is 1540 g/mol. The van der Waals surface area contributed by atoms with Crippen LogP contribution in [0.1, 0.15) is 369 Å². The Morgan fingerprint density at radius 3 is 0.771 bits per heavy atom. The van der Waals surface area contributed by atoms with Gasteiger partial charge in [-0.15, -0.1) is 0 Å². The Morgan fingerprint density at radius 1 is 0.312 bits per heavy atom. The van der Waals surface area contributed by atoms with Crippen LogP contribution in [0.25, 0.3) is 0 Å². The van der Waals surface area contributed by atoms with Crippen molar-refractivity contribution in [1.29, 1.82) is 0 Å². The van der Waals surface area contributed by atoms with E-state index in [4.69, 9.17) is 45.7 Å². The molecule has 0 spiro atoms. The van der Waals surface area contributed by atoms with Crippen LogP contribution >= 0.6 is 0 Å². The maximum atomic E-state index is 13.2. The number of rotatable bonds is 4. The molecular formula is C76H135F33. The van der Waals surface area contributed by atoms with Gasteiger partial charge in [0.25, 0.3) is 11.8 Å². The third-order valence-corrected chi connectivity index (χ3v) is 23.4. The highest BCUT2D eigenvalue weighted by Crippen LogP contribution is 2.55. The van der Waals surface area contributed by atoms with Crippen molar-refractivity contribution in [3.8, 4) is 0 Å². The SMILES string of the molecule is CC(C)(C(F)(F)F)C(F)(F)F.CC1(F)CCCC(F)(F)C1.CC1CCC(C)(C(F)(F)F)CC1.CCC(C)(C)C.CCC1(C(F)(F)F)CCCC1.CCC1(C(F)(F)F)CCCCC1.CCC1(C)CCCC1.CCC1(C)CCCCC1.C[C@@H]1CCC(C)(C)C(F)(F)C1.C[C@H]1CCC(F)(F)C1.F.FF.FF.FF.FF.FF. The Kier molecular flexibility index (Phi) is 61.3. The van der Waals surface area contributed by atoms with Crippen LogP contribution in [0.5, 0.6) is 0 Å². The topological polar surface area (TPSA) is 0 Å². The standard InChI is InChI=1S/2C9H15F3.C9H16F2.C9H18.C8H13F3.C8H16.C7H11F3.C6H10F2.C6H14.C5H6F6.5F2.FH/c1-7-3-5-8(2,6-4-7)9(10,11)12;1-2-8(9(10,11)12)6-4-3-5-7-8;1-7-4-5-8(2,3)9(10,11)6-7;1-3-9(2)7-5-4-6-8-9;1-2-7(8(9,10)11)5-3-4-6-7;1-3-8(2)6-4-5-7-8;1-6(8)3-2-4-7(9,10)5-6;1-5-2-3-6(7,8)4-5;1-5-6(2,3)4;1-3(2,4(6,7)8)5(9,10)11;5*1-2;/h7H,3-6H2,1-2H3;2-7H2,1H3;7H,4-6H2,1-3H3;3-8H2,1-2H3;2-6H2,1H3;3-7H2,1-2H3;2-5H2,1H3;5H,2-4H2,1H3;5H2,1-4H3;1-2H3;;;;;;1H/t;;7-;;;;;5-;;;;;;;;/m..1....0......../s1. The molecule has 0 aromatic heterocycles. The first kappa shape index (κ1) is 122. The van der Waals surface area contributed by atoms with Crippen LogP contribution in [0.4, 0.5) is 147 Å². The Balaban J connectivity index is -0.000000171. The van der Waals surface area contributed by atoms with Crippen LogP contribution in [0.2, 0.25) is 0 Å². The van der Waals surface area contributed by atoms with Crippen LogP contribution in [0.3, 0.4) is 0 Å². The van der Waals surface area contributed by atoms with E-state index >= 15 is 0 Å². The van der Waals surface area contributed by atoms with Gasteiger partial charge in [-0.05, 0) is 177 Å². The van der Waals surface area contributed by atoms with Crippen molar-refractivity contribution in [2.45, 2.75) is 423 Å². The summed E-state index contributed by atoms with van der Waals surface area (Å²) in [4.78, 5) is 0. The van der Waals surface area contributed by atoms with Crippen LogP contribution < -0.4 is 0 Å². The minimum absolute atomic E-state index is 0. The highest BCUT2D eigenvalue weighted by molar-refractivity contribution is 4.93. The number of hydrogen-bond acceptors (Lipinski definition) is 0. The fourth-order valence-electron chi connectivity index (χ4n) is 13.3. The van der Waals surface area contributed by atoms with Gasteiger partial charge in [-0.25, -0.2) is 30.7 Å². The zero-order chi connectivity index (χ0) is 87.4. The molecule has 0 aliphatic heterocycles. The normalized spacial score (nSPS) is 25.6. The van der Waals surface area contributed by atoms with E-state index in [9.17, 15) is 96.6 Å². The van der Waals surface area contributed by atoms with Crippen LogP contribution in [-0.2, 0) is 0 Å². The van der Waals surface area contributed by atoms with Gasteiger partial charge in [0.2, 0.25) is 5.92 Å². The molecule has 8 aliphatic carbocycles. The first-order chi connectivity index (χ1) is 48.8. The van der Waals surface area contributed by atoms with Gasteiger partial charge < -0.3 is 0 Å². The lowest BCUT2D eigenvalue weighted by atomic mass is 9.70. The molecule has 0 saturated heterocycles. The Morgan fingerprint density at radius 2 is 0.596 bits per heavy atom. The average molecular weight is 1680 g/mol. The van der Waals surface area contributed by atoms with Gasteiger partial charge in [-0.2, -0.15) is 65.9 Å². The quantitative estimate of drug-likeness (QED) is 0.246. The van der Waals surface area contributed by atoms with Crippen LogP contribution in [-0.4, -0.2) is 54.3 Å². The summed E-state index contributed by atoms with van der Waals surface area (Å²) in [6.45, 7) is 33.7. The molecule has 0 amide bonds. The van der Waals surface area contributed by atoms with Crippen molar-refractivity contribution in [3.63, 3.8) is 0 Å². The van der Waals surface area contributed by atoms with Gasteiger partial charge in [0, 0.05) is 83.3 Å². The fraction of sp³-hybridized carbons (Fsp3) is 1.00. The average Bonchev–Trinajstić information content (AvgIpc) is 1.22. The minimum Gasteiger partial charge on any atom is -0.269 e. The molecule has 0 bridgehead atoms. The molecule has 0 aromatic carbocycles. The van der Waals surface area contributed by atoms with E-state index in [1.807, 2.05) is 20.8 Å². The molecule has 33 heteroatoms. The number of alkyl halides is 22. The van der Waals surface area contributed by atoms with Crippen LogP contribution in [0.15, 0.2) is 0 Å². The predicted octanol–water partition coefficient (Wildman–Crippen LogP) is 36.3. The third kappa shape index (κ3) is 48.7. The van der Waals surface area contributed by atoms with Crippen molar-refractivity contribution in [1.82, 2.24) is 0 Å². The van der Waals surface area contributed by atoms with E-state index < -0.39 is 87.8 Å². The van der Waals surface area contributed by atoms with Gasteiger partial charge in [0.05, 0.1) is 16.2 Å². The zero-order valence-electron chi connectivity index (χ0n) is 67.9. The summed E-state index contributed by atoms with van der Waals surface area (Å²) < 4.78 is 351. The second kappa shape index (κ2) is 54.6. The summed E-state index contributed by atoms with van der Waals surface area (Å²) in [6, 6.07) is 0. The summed E-state index contributed by atoms with van der Waals surface area (Å²) in [7, 11) is 0. The van der Waals surface area contributed by atoms with E-state index in [0.717, 1.165) is 62.2 Å². The molecule has 0 nitrogen and oxygen atoms in total.